The molecule has 7 nitrogen and oxygen atoms in total. The lowest BCUT2D eigenvalue weighted by Crippen LogP contribution is -2.56. The molecule has 0 spiro atoms. The average molecular weight is 319 g/mol. The van der Waals surface area contributed by atoms with Crippen molar-refractivity contribution in [3.8, 4) is 5.75 Å². The minimum atomic E-state index is -0.703. The summed E-state index contributed by atoms with van der Waals surface area (Å²) < 4.78 is 4.98. The van der Waals surface area contributed by atoms with Crippen molar-refractivity contribution in [3.63, 3.8) is 0 Å². The Labute approximate surface area is 132 Å². The third kappa shape index (κ3) is 2.38. The van der Waals surface area contributed by atoms with Gasteiger partial charge in [0.2, 0.25) is 5.75 Å². The van der Waals surface area contributed by atoms with E-state index in [9.17, 15) is 14.4 Å². The zero-order valence-electron chi connectivity index (χ0n) is 13.1. The van der Waals surface area contributed by atoms with E-state index < -0.39 is 17.2 Å². The molecule has 4 fully saturated rings. The molecule has 0 radical (unpaired) electrons. The highest BCUT2D eigenvalue weighted by atomic mass is 16.5. The Bertz CT molecular complexity index is 722. The Hall–Kier alpha value is -2.05. The van der Waals surface area contributed by atoms with Crippen molar-refractivity contribution in [2.45, 2.75) is 38.1 Å². The monoisotopic (exact) mass is 319 g/mol. The van der Waals surface area contributed by atoms with Gasteiger partial charge in [0.05, 0.1) is 7.11 Å². The molecular formula is C16H21N3O4. The second-order valence-electron chi connectivity index (χ2n) is 7.25. The first kappa shape index (κ1) is 14.5. The summed E-state index contributed by atoms with van der Waals surface area (Å²) >= 11 is 0. The number of hydrogen-bond donors (Lipinski definition) is 3. The first-order valence-corrected chi connectivity index (χ1v) is 8.26. The van der Waals surface area contributed by atoms with Gasteiger partial charge in [0, 0.05) is 6.04 Å². The van der Waals surface area contributed by atoms with Crippen LogP contribution >= 0.6 is 0 Å². The van der Waals surface area contributed by atoms with E-state index >= 15 is 0 Å². The second-order valence-corrected chi connectivity index (χ2v) is 7.25. The van der Waals surface area contributed by atoms with E-state index in [2.05, 4.69) is 15.3 Å². The fourth-order valence-electron chi connectivity index (χ4n) is 5.21. The van der Waals surface area contributed by atoms with Crippen LogP contribution in [0.3, 0.4) is 0 Å². The molecule has 0 atom stereocenters. The van der Waals surface area contributed by atoms with Crippen molar-refractivity contribution in [3.05, 3.63) is 26.5 Å². The van der Waals surface area contributed by atoms with Gasteiger partial charge in [-0.2, -0.15) is 0 Å². The molecule has 0 saturated heterocycles. The Morgan fingerprint density at radius 3 is 2.22 bits per heavy atom. The van der Waals surface area contributed by atoms with Crippen LogP contribution in [-0.4, -0.2) is 29.0 Å². The number of aromatic amines is 2. The molecule has 4 aliphatic carbocycles. The van der Waals surface area contributed by atoms with Gasteiger partial charge in [0.15, 0.2) is 5.69 Å². The Morgan fingerprint density at radius 1 is 1.04 bits per heavy atom. The van der Waals surface area contributed by atoms with Crippen LogP contribution in [0.1, 0.15) is 42.6 Å². The quantitative estimate of drug-likeness (QED) is 0.760. The highest BCUT2D eigenvalue weighted by Gasteiger charge is 2.48. The first-order valence-electron chi connectivity index (χ1n) is 8.26. The van der Waals surface area contributed by atoms with Crippen LogP contribution in [0, 0.1) is 23.7 Å². The Morgan fingerprint density at radius 2 is 1.65 bits per heavy atom. The first-order chi connectivity index (χ1) is 11.0. The number of nitrogens with one attached hydrogen (secondary N) is 3. The van der Waals surface area contributed by atoms with Gasteiger partial charge in [0.1, 0.15) is 0 Å². The fourth-order valence-corrected chi connectivity index (χ4v) is 5.21. The third-order valence-corrected chi connectivity index (χ3v) is 5.85. The highest BCUT2D eigenvalue weighted by Crippen LogP contribution is 2.53. The third-order valence-electron chi connectivity index (χ3n) is 5.85. The van der Waals surface area contributed by atoms with Gasteiger partial charge in [-0.25, -0.2) is 4.79 Å². The largest absolute Gasteiger partial charge is 0.489 e. The molecule has 1 amide bonds. The predicted molar refractivity (Wildman–Crippen MR) is 82.5 cm³/mol. The van der Waals surface area contributed by atoms with Crippen molar-refractivity contribution in [2.75, 3.05) is 7.11 Å². The Kier molecular flexibility index (Phi) is 3.32. The van der Waals surface area contributed by atoms with Crippen LogP contribution in [0.15, 0.2) is 9.59 Å². The molecule has 0 unspecified atom stereocenters. The normalized spacial score (nSPS) is 34.4. The maximum absolute atomic E-state index is 12.6. The lowest BCUT2D eigenvalue weighted by molar-refractivity contribution is -0.0120. The average Bonchev–Trinajstić information content (AvgIpc) is 2.49. The van der Waals surface area contributed by atoms with E-state index in [0.29, 0.717) is 11.8 Å². The van der Waals surface area contributed by atoms with Gasteiger partial charge >= 0.3 is 5.69 Å². The van der Waals surface area contributed by atoms with Crippen molar-refractivity contribution in [1.29, 1.82) is 0 Å². The predicted octanol–water partition coefficient (Wildman–Crippen LogP) is 0.626. The molecule has 1 heterocycles. The number of carbonyl (C=O) groups excluding carboxylic acids is 1. The number of methoxy groups -OCH3 is 1. The number of amides is 1. The van der Waals surface area contributed by atoms with E-state index in [4.69, 9.17) is 4.74 Å². The lowest BCUT2D eigenvalue weighted by atomic mass is 9.54. The molecule has 4 bridgehead atoms. The topological polar surface area (TPSA) is 104 Å². The molecule has 5 rings (SSSR count). The molecule has 4 aliphatic rings. The zero-order valence-corrected chi connectivity index (χ0v) is 13.1. The van der Waals surface area contributed by atoms with Gasteiger partial charge in [-0.15, -0.1) is 0 Å². The lowest BCUT2D eigenvalue weighted by Gasteiger charge is -2.54. The summed E-state index contributed by atoms with van der Waals surface area (Å²) in [5, 5.41) is 3.07. The number of aromatic nitrogens is 2. The summed E-state index contributed by atoms with van der Waals surface area (Å²) in [7, 11) is 1.31. The molecule has 23 heavy (non-hydrogen) atoms. The van der Waals surface area contributed by atoms with Crippen LogP contribution in [0.25, 0.3) is 0 Å². The van der Waals surface area contributed by atoms with Crippen LogP contribution in [0.2, 0.25) is 0 Å². The van der Waals surface area contributed by atoms with Crippen LogP contribution in [0.4, 0.5) is 0 Å². The number of carbonyl (C=O) groups is 1. The van der Waals surface area contributed by atoms with Gasteiger partial charge in [-0.1, -0.05) is 0 Å². The summed E-state index contributed by atoms with van der Waals surface area (Å²) in [6.45, 7) is 0. The highest BCUT2D eigenvalue weighted by molar-refractivity contribution is 5.95. The molecular weight excluding hydrogens is 298 g/mol. The molecule has 1 aromatic rings. The maximum atomic E-state index is 12.6. The summed E-state index contributed by atoms with van der Waals surface area (Å²) in [6, 6.07) is 0.141. The molecule has 3 N–H and O–H groups in total. The molecule has 7 heteroatoms. The fraction of sp³-hybridized carbons (Fsp3) is 0.688. The zero-order chi connectivity index (χ0) is 16.1. The van der Waals surface area contributed by atoms with Gasteiger partial charge in [-0.3, -0.25) is 19.6 Å². The van der Waals surface area contributed by atoms with Crippen molar-refractivity contribution >= 4 is 5.91 Å². The van der Waals surface area contributed by atoms with E-state index in [0.717, 1.165) is 11.8 Å². The van der Waals surface area contributed by atoms with E-state index in [-0.39, 0.29) is 17.5 Å². The van der Waals surface area contributed by atoms with Crippen LogP contribution in [-0.2, 0) is 0 Å². The molecule has 4 saturated carbocycles. The van der Waals surface area contributed by atoms with Crippen molar-refractivity contribution in [2.24, 2.45) is 23.7 Å². The van der Waals surface area contributed by atoms with Crippen LogP contribution < -0.4 is 21.3 Å². The molecule has 0 aromatic carbocycles. The number of rotatable bonds is 3. The maximum Gasteiger partial charge on any atom is 0.326 e. The molecule has 0 aliphatic heterocycles. The van der Waals surface area contributed by atoms with Crippen molar-refractivity contribution in [1.82, 2.24) is 15.3 Å². The second kappa shape index (κ2) is 5.25. The number of hydrogen-bond acceptors (Lipinski definition) is 4. The van der Waals surface area contributed by atoms with Gasteiger partial charge in [-0.05, 0) is 55.8 Å². The van der Waals surface area contributed by atoms with Gasteiger partial charge < -0.3 is 10.1 Å². The summed E-state index contributed by atoms with van der Waals surface area (Å²) in [5.41, 5.74) is -1.48. The van der Waals surface area contributed by atoms with E-state index in [1.54, 1.807) is 0 Å². The van der Waals surface area contributed by atoms with E-state index in [1.807, 2.05) is 0 Å². The standard InChI is InChI=1S/C16H21N3O4/c1-23-13-12(18-16(22)19-15(13)21)14(20)17-11-9-3-7-2-8(5-9)6-10(11)4-7/h7-11H,2-6H2,1H3,(H,17,20)(H2,18,19,21,22). The molecule has 1 aromatic heterocycles. The number of H-pyrrole nitrogens is 2. The number of ether oxygens (including phenoxy) is 1. The SMILES string of the molecule is COc1c(C(=O)NC2C3CC4CC(C3)CC2C4)[nH]c(=O)[nH]c1=O. The van der Waals surface area contributed by atoms with E-state index in [1.165, 1.54) is 39.2 Å². The Balaban J connectivity index is 1.59. The summed E-state index contributed by atoms with van der Waals surface area (Å²) in [5.74, 6) is 2.11. The minimum Gasteiger partial charge on any atom is -0.489 e. The minimum absolute atomic E-state index is 0.0879. The van der Waals surface area contributed by atoms with Crippen molar-refractivity contribution < 1.29 is 9.53 Å². The summed E-state index contributed by atoms with van der Waals surface area (Å²) in [4.78, 5) is 40.3. The van der Waals surface area contributed by atoms with Crippen LogP contribution in [0.5, 0.6) is 5.75 Å². The van der Waals surface area contributed by atoms with Gasteiger partial charge in [0.25, 0.3) is 11.5 Å². The molecule has 124 valence electrons. The smallest absolute Gasteiger partial charge is 0.326 e. The summed E-state index contributed by atoms with van der Waals surface area (Å²) in [6.07, 6.45) is 6.08.